The number of rotatable bonds is 6. The molecule has 0 heterocycles. The van der Waals surface area contributed by atoms with Crippen LogP contribution in [-0.4, -0.2) is 17.9 Å². The lowest BCUT2D eigenvalue weighted by Crippen LogP contribution is -2.39. The molecule has 0 radical (unpaired) electrons. The molecule has 0 aromatic heterocycles. The summed E-state index contributed by atoms with van der Waals surface area (Å²) in [7, 11) is 0. The molecule has 1 saturated carbocycles. The lowest BCUT2D eigenvalue weighted by atomic mass is 9.88. The zero-order chi connectivity index (χ0) is 16.2. The third kappa shape index (κ3) is 4.20. The number of carbonyl (C=O) groups is 2. The Bertz CT molecular complexity index is 564. The molecule has 4 nitrogen and oxygen atoms in total. The summed E-state index contributed by atoms with van der Waals surface area (Å²) in [4.78, 5) is 24.4. The van der Waals surface area contributed by atoms with Gasteiger partial charge in [-0.1, -0.05) is 44.2 Å². The second-order valence-corrected chi connectivity index (χ2v) is 6.43. The van der Waals surface area contributed by atoms with Gasteiger partial charge < -0.3 is 10.6 Å². The van der Waals surface area contributed by atoms with Gasteiger partial charge >= 0.3 is 0 Å². The number of anilines is 1. The summed E-state index contributed by atoms with van der Waals surface area (Å²) in [6, 6.07) is 9.34. The van der Waals surface area contributed by atoms with Crippen LogP contribution < -0.4 is 10.6 Å². The molecule has 1 aromatic carbocycles. The second-order valence-electron chi connectivity index (χ2n) is 6.43. The van der Waals surface area contributed by atoms with Crippen LogP contribution in [0.1, 0.15) is 33.6 Å². The van der Waals surface area contributed by atoms with E-state index in [1.807, 2.05) is 63.3 Å². The molecule has 1 aliphatic rings. The van der Waals surface area contributed by atoms with E-state index in [1.165, 1.54) is 0 Å². The van der Waals surface area contributed by atoms with Crippen molar-refractivity contribution in [2.24, 2.45) is 11.3 Å². The van der Waals surface area contributed by atoms with Crippen molar-refractivity contribution in [1.29, 1.82) is 0 Å². The highest BCUT2D eigenvalue weighted by molar-refractivity contribution is 5.95. The van der Waals surface area contributed by atoms with Crippen molar-refractivity contribution in [2.75, 3.05) is 5.32 Å². The molecule has 0 saturated heterocycles. The quantitative estimate of drug-likeness (QED) is 0.793. The summed E-state index contributed by atoms with van der Waals surface area (Å²) in [5, 5.41) is 5.86. The van der Waals surface area contributed by atoms with E-state index < -0.39 is 5.41 Å². The molecule has 22 heavy (non-hydrogen) atoms. The largest absolute Gasteiger partial charge is 0.352 e. The zero-order valence-electron chi connectivity index (χ0n) is 13.4. The molecule has 0 aliphatic heterocycles. The van der Waals surface area contributed by atoms with Crippen molar-refractivity contribution in [3.63, 3.8) is 0 Å². The Labute approximate surface area is 132 Å². The fourth-order valence-electron chi connectivity index (χ4n) is 2.27. The van der Waals surface area contributed by atoms with Gasteiger partial charge in [0.15, 0.2) is 0 Å². The second kappa shape index (κ2) is 6.77. The standard InChI is InChI=1S/C18H24N2O2/c1-4-5-11-18(2,3)17(22)20-15-12-14(15)16(21)19-13-9-7-6-8-10-13/h4-10,14-15H,11-12H2,1-3H3,(H,19,21)(H,20,22). The number of carbonyl (C=O) groups excluding carboxylic acids is 2. The monoisotopic (exact) mass is 300 g/mol. The van der Waals surface area contributed by atoms with Gasteiger partial charge in [0.05, 0.1) is 5.92 Å². The van der Waals surface area contributed by atoms with Crippen LogP contribution in [0.3, 0.4) is 0 Å². The number of amides is 2. The van der Waals surface area contributed by atoms with E-state index in [0.717, 1.165) is 5.69 Å². The summed E-state index contributed by atoms with van der Waals surface area (Å²) in [5.74, 6) is -0.143. The van der Waals surface area contributed by atoms with Gasteiger partial charge in [-0.2, -0.15) is 0 Å². The summed E-state index contributed by atoms with van der Waals surface area (Å²) in [6.45, 7) is 5.78. The number of allylic oxidation sites excluding steroid dienone is 2. The normalized spacial score (nSPS) is 20.7. The molecule has 1 aromatic rings. The molecule has 2 atom stereocenters. The Kier molecular flexibility index (Phi) is 5.01. The average Bonchev–Trinajstić information content (AvgIpc) is 3.25. The summed E-state index contributed by atoms with van der Waals surface area (Å²) >= 11 is 0. The maximum absolute atomic E-state index is 12.3. The minimum Gasteiger partial charge on any atom is -0.352 e. The van der Waals surface area contributed by atoms with E-state index in [2.05, 4.69) is 10.6 Å². The van der Waals surface area contributed by atoms with Crippen LogP contribution >= 0.6 is 0 Å². The van der Waals surface area contributed by atoms with E-state index in [4.69, 9.17) is 0 Å². The maximum Gasteiger partial charge on any atom is 0.229 e. The first-order chi connectivity index (χ1) is 10.4. The Hall–Kier alpha value is -2.10. The van der Waals surface area contributed by atoms with Crippen LogP contribution in [0.2, 0.25) is 0 Å². The number of hydrogen-bond donors (Lipinski definition) is 2. The first-order valence-corrected chi connectivity index (χ1v) is 7.72. The number of para-hydroxylation sites is 1. The third-order valence-corrected chi connectivity index (χ3v) is 3.96. The van der Waals surface area contributed by atoms with Gasteiger partial charge in [0, 0.05) is 17.1 Å². The Balaban J connectivity index is 1.82. The van der Waals surface area contributed by atoms with Gasteiger partial charge in [0.25, 0.3) is 0 Å². The Morgan fingerprint density at radius 3 is 2.59 bits per heavy atom. The number of nitrogens with one attached hydrogen (secondary N) is 2. The van der Waals surface area contributed by atoms with E-state index in [1.54, 1.807) is 0 Å². The molecule has 0 spiro atoms. The molecule has 4 heteroatoms. The van der Waals surface area contributed by atoms with Crippen molar-refractivity contribution in [3.8, 4) is 0 Å². The van der Waals surface area contributed by atoms with Gasteiger partial charge in [-0.05, 0) is 31.9 Å². The van der Waals surface area contributed by atoms with E-state index in [9.17, 15) is 9.59 Å². The fraction of sp³-hybridized carbons (Fsp3) is 0.444. The van der Waals surface area contributed by atoms with Crippen molar-refractivity contribution in [2.45, 2.75) is 39.7 Å². The van der Waals surface area contributed by atoms with Crippen molar-refractivity contribution in [1.82, 2.24) is 5.32 Å². The first-order valence-electron chi connectivity index (χ1n) is 7.72. The highest BCUT2D eigenvalue weighted by Gasteiger charge is 2.45. The number of benzene rings is 1. The predicted molar refractivity (Wildman–Crippen MR) is 88.3 cm³/mol. The fourth-order valence-corrected chi connectivity index (χ4v) is 2.27. The van der Waals surface area contributed by atoms with Crippen molar-refractivity contribution >= 4 is 17.5 Å². The molecule has 2 unspecified atom stereocenters. The van der Waals surface area contributed by atoms with E-state index in [0.29, 0.717) is 12.8 Å². The van der Waals surface area contributed by atoms with Gasteiger partial charge in [-0.25, -0.2) is 0 Å². The van der Waals surface area contributed by atoms with Crippen LogP contribution in [0.5, 0.6) is 0 Å². The lowest BCUT2D eigenvalue weighted by molar-refractivity contribution is -0.129. The molecule has 0 bridgehead atoms. The third-order valence-electron chi connectivity index (χ3n) is 3.96. The highest BCUT2D eigenvalue weighted by Crippen LogP contribution is 2.33. The number of hydrogen-bond acceptors (Lipinski definition) is 2. The van der Waals surface area contributed by atoms with E-state index >= 15 is 0 Å². The van der Waals surface area contributed by atoms with Crippen LogP contribution in [-0.2, 0) is 9.59 Å². The molecule has 1 fully saturated rings. The van der Waals surface area contributed by atoms with Crippen LogP contribution in [0.15, 0.2) is 42.5 Å². The topological polar surface area (TPSA) is 58.2 Å². The van der Waals surface area contributed by atoms with Gasteiger partial charge in [0.1, 0.15) is 0 Å². The van der Waals surface area contributed by atoms with Gasteiger partial charge in [-0.15, -0.1) is 0 Å². The average molecular weight is 300 g/mol. The summed E-state index contributed by atoms with van der Waals surface area (Å²) in [5.41, 5.74) is 0.341. The highest BCUT2D eigenvalue weighted by atomic mass is 16.2. The summed E-state index contributed by atoms with van der Waals surface area (Å²) < 4.78 is 0. The molecule has 2 amide bonds. The maximum atomic E-state index is 12.3. The van der Waals surface area contributed by atoms with Crippen molar-refractivity contribution < 1.29 is 9.59 Å². The van der Waals surface area contributed by atoms with Crippen molar-refractivity contribution in [3.05, 3.63) is 42.5 Å². The minimum absolute atomic E-state index is 0.00520. The van der Waals surface area contributed by atoms with Gasteiger partial charge in [0.2, 0.25) is 11.8 Å². The SMILES string of the molecule is CC=CCC(C)(C)C(=O)NC1CC1C(=O)Nc1ccccc1. The summed E-state index contributed by atoms with van der Waals surface area (Å²) in [6.07, 6.45) is 5.35. The molecule has 118 valence electrons. The predicted octanol–water partition coefficient (Wildman–Crippen LogP) is 3.12. The zero-order valence-corrected chi connectivity index (χ0v) is 13.4. The van der Waals surface area contributed by atoms with Crippen LogP contribution in [0, 0.1) is 11.3 Å². The molecule has 2 N–H and O–H groups in total. The lowest BCUT2D eigenvalue weighted by Gasteiger charge is -2.22. The molecular weight excluding hydrogens is 276 g/mol. The molecular formula is C18H24N2O2. The first kappa shape index (κ1) is 16.3. The van der Waals surface area contributed by atoms with Crippen LogP contribution in [0.4, 0.5) is 5.69 Å². The molecule has 2 rings (SSSR count). The minimum atomic E-state index is -0.449. The Morgan fingerprint density at radius 1 is 1.27 bits per heavy atom. The molecule has 1 aliphatic carbocycles. The van der Waals surface area contributed by atoms with Gasteiger partial charge in [-0.3, -0.25) is 9.59 Å². The Morgan fingerprint density at radius 2 is 1.95 bits per heavy atom. The van der Waals surface area contributed by atoms with Crippen LogP contribution in [0.25, 0.3) is 0 Å². The smallest absolute Gasteiger partial charge is 0.229 e. The van der Waals surface area contributed by atoms with E-state index in [-0.39, 0.29) is 23.8 Å².